The molecule has 2 amide bonds. The molecule has 0 aromatic heterocycles. The smallest absolute Gasteiger partial charge is 0.254 e. The van der Waals surface area contributed by atoms with Crippen LogP contribution in [0.3, 0.4) is 0 Å². The lowest BCUT2D eigenvalue weighted by Gasteiger charge is -2.33. The van der Waals surface area contributed by atoms with Gasteiger partial charge in [-0.25, -0.2) is 0 Å². The van der Waals surface area contributed by atoms with Gasteiger partial charge in [-0.05, 0) is 48.6 Å². The first kappa shape index (κ1) is 19.9. The molecule has 1 heterocycles. The Morgan fingerprint density at radius 3 is 2.10 bits per heavy atom. The van der Waals surface area contributed by atoms with Gasteiger partial charge in [-0.2, -0.15) is 0 Å². The van der Waals surface area contributed by atoms with Gasteiger partial charge in [0.1, 0.15) is 0 Å². The molecule has 1 aliphatic rings. The van der Waals surface area contributed by atoms with Crippen molar-refractivity contribution in [3.63, 3.8) is 0 Å². The predicted molar refractivity (Wildman–Crippen MR) is 119 cm³/mol. The van der Waals surface area contributed by atoms with Crippen LogP contribution in [0.5, 0.6) is 0 Å². The maximum atomic E-state index is 13.2. The summed E-state index contributed by atoms with van der Waals surface area (Å²) in [6.07, 6.45) is 2.28. The molecule has 152 valence electrons. The van der Waals surface area contributed by atoms with E-state index >= 15 is 0 Å². The molecule has 4 nitrogen and oxygen atoms in total. The summed E-state index contributed by atoms with van der Waals surface area (Å²) < 4.78 is 0. The van der Waals surface area contributed by atoms with Crippen LogP contribution in [0.4, 0.5) is 0 Å². The number of carbonyl (C=O) groups is 2. The Hall–Kier alpha value is -3.40. The van der Waals surface area contributed by atoms with Crippen LogP contribution in [0.15, 0.2) is 84.9 Å². The van der Waals surface area contributed by atoms with Crippen molar-refractivity contribution in [2.24, 2.45) is 0 Å². The van der Waals surface area contributed by atoms with Gasteiger partial charge >= 0.3 is 0 Å². The van der Waals surface area contributed by atoms with Gasteiger partial charge in [0, 0.05) is 30.3 Å². The Morgan fingerprint density at radius 2 is 1.40 bits per heavy atom. The van der Waals surface area contributed by atoms with Gasteiger partial charge in [0.15, 0.2) is 0 Å². The van der Waals surface area contributed by atoms with Crippen LogP contribution in [0.2, 0.25) is 0 Å². The molecule has 0 unspecified atom stereocenters. The summed E-state index contributed by atoms with van der Waals surface area (Å²) in [6.45, 7) is 1.30. The molecule has 1 N–H and O–H groups in total. The van der Waals surface area contributed by atoms with E-state index in [1.807, 2.05) is 77.7 Å². The van der Waals surface area contributed by atoms with Crippen molar-refractivity contribution < 1.29 is 9.59 Å². The lowest BCUT2D eigenvalue weighted by molar-refractivity contribution is 0.0697. The summed E-state index contributed by atoms with van der Waals surface area (Å²) in [7, 11) is 0. The van der Waals surface area contributed by atoms with Crippen LogP contribution in [0, 0.1) is 0 Å². The highest BCUT2D eigenvalue weighted by Gasteiger charge is 2.26. The molecular weight excluding hydrogens is 372 g/mol. The molecule has 3 aromatic rings. The number of amides is 2. The monoisotopic (exact) mass is 398 g/mol. The third kappa shape index (κ3) is 4.77. The molecule has 0 bridgehead atoms. The SMILES string of the molecule is O=C(NC1CCN(C(=O)c2ccccc2Cc2ccccc2)CC1)c1ccccc1. The van der Waals surface area contributed by atoms with Crippen molar-refractivity contribution in [3.8, 4) is 0 Å². The summed E-state index contributed by atoms with van der Waals surface area (Å²) in [5.41, 5.74) is 3.69. The van der Waals surface area contributed by atoms with Gasteiger partial charge in [0.05, 0.1) is 0 Å². The fourth-order valence-corrected chi connectivity index (χ4v) is 3.95. The second-order valence-corrected chi connectivity index (χ2v) is 7.73. The van der Waals surface area contributed by atoms with Crippen LogP contribution >= 0.6 is 0 Å². The second kappa shape index (κ2) is 9.40. The molecule has 0 spiro atoms. The van der Waals surface area contributed by atoms with E-state index < -0.39 is 0 Å². The van der Waals surface area contributed by atoms with Crippen molar-refractivity contribution >= 4 is 11.8 Å². The zero-order chi connectivity index (χ0) is 20.8. The van der Waals surface area contributed by atoms with Gasteiger partial charge in [0.2, 0.25) is 0 Å². The minimum absolute atomic E-state index is 0.0476. The maximum Gasteiger partial charge on any atom is 0.254 e. The van der Waals surface area contributed by atoms with E-state index in [1.165, 1.54) is 5.56 Å². The highest BCUT2D eigenvalue weighted by Crippen LogP contribution is 2.19. The van der Waals surface area contributed by atoms with Gasteiger partial charge in [-0.15, -0.1) is 0 Å². The Balaban J connectivity index is 1.37. The van der Waals surface area contributed by atoms with E-state index in [1.54, 1.807) is 0 Å². The van der Waals surface area contributed by atoms with Gasteiger partial charge in [-0.1, -0.05) is 66.7 Å². The zero-order valence-electron chi connectivity index (χ0n) is 17.0. The van der Waals surface area contributed by atoms with E-state index in [0.717, 1.165) is 30.4 Å². The average Bonchev–Trinajstić information content (AvgIpc) is 2.81. The molecule has 30 heavy (non-hydrogen) atoms. The van der Waals surface area contributed by atoms with Crippen molar-refractivity contribution in [1.29, 1.82) is 0 Å². The van der Waals surface area contributed by atoms with Crippen molar-refractivity contribution in [2.45, 2.75) is 25.3 Å². The number of nitrogens with one attached hydrogen (secondary N) is 1. The summed E-state index contributed by atoms with van der Waals surface area (Å²) >= 11 is 0. The van der Waals surface area contributed by atoms with Gasteiger partial charge in [0.25, 0.3) is 11.8 Å². The van der Waals surface area contributed by atoms with Crippen LogP contribution in [0.1, 0.15) is 44.7 Å². The van der Waals surface area contributed by atoms with Crippen LogP contribution in [-0.2, 0) is 6.42 Å². The van der Waals surface area contributed by atoms with Crippen LogP contribution in [-0.4, -0.2) is 35.8 Å². The number of hydrogen-bond acceptors (Lipinski definition) is 2. The van der Waals surface area contributed by atoms with Crippen LogP contribution in [0.25, 0.3) is 0 Å². The predicted octanol–water partition coefficient (Wildman–Crippen LogP) is 4.31. The topological polar surface area (TPSA) is 49.4 Å². The molecule has 0 saturated carbocycles. The highest BCUT2D eigenvalue weighted by molar-refractivity contribution is 5.96. The number of likely N-dealkylation sites (tertiary alicyclic amines) is 1. The van der Waals surface area contributed by atoms with E-state index in [2.05, 4.69) is 17.4 Å². The summed E-state index contributed by atoms with van der Waals surface area (Å²) in [6, 6.07) is 27.4. The maximum absolute atomic E-state index is 13.2. The van der Waals surface area contributed by atoms with Crippen molar-refractivity contribution in [2.75, 3.05) is 13.1 Å². The minimum atomic E-state index is -0.0476. The average molecular weight is 399 g/mol. The molecule has 0 aliphatic carbocycles. The summed E-state index contributed by atoms with van der Waals surface area (Å²) in [4.78, 5) is 27.5. The fourth-order valence-electron chi connectivity index (χ4n) is 3.95. The van der Waals surface area contributed by atoms with E-state index in [0.29, 0.717) is 18.7 Å². The number of benzene rings is 3. The first-order chi connectivity index (χ1) is 14.7. The molecular formula is C26H26N2O2. The van der Waals surface area contributed by atoms with E-state index in [9.17, 15) is 9.59 Å². The van der Waals surface area contributed by atoms with Crippen molar-refractivity contribution in [3.05, 3.63) is 107 Å². The Labute approximate surface area is 177 Å². The van der Waals surface area contributed by atoms with Gasteiger partial charge in [-0.3, -0.25) is 9.59 Å². The number of hydrogen-bond donors (Lipinski definition) is 1. The molecule has 1 aliphatic heterocycles. The standard InChI is InChI=1S/C26H26N2O2/c29-25(21-11-5-2-6-12-21)27-23-15-17-28(18-16-23)26(30)24-14-8-7-13-22(24)19-20-9-3-1-4-10-20/h1-14,23H,15-19H2,(H,27,29). The zero-order valence-corrected chi connectivity index (χ0v) is 17.0. The molecule has 0 radical (unpaired) electrons. The molecule has 4 heteroatoms. The highest BCUT2D eigenvalue weighted by atomic mass is 16.2. The Morgan fingerprint density at radius 1 is 0.800 bits per heavy atom. The number of piperidine rings is 1. The largest absolute Gasteiger partial charge is 0.349 e. The summed E-state index contributed by atoms with van der Waals surface area (Å²) in [5, 5.41) is 3.10. The Bertz CT molecular complexity index is 994. The molecule has 1 saturated heterocycles. The quantitative estimate of drug-likeness (QED) is 0.696. The molecule has 4 rings (SSSR count). The number of carbonyl (C=O) groups excluding carboxylic acids is 2. The summed E-state index contributed by atoms with van der Waals surface area (Å²) in [5.74, 6) is 0.0305. The Kier molecular flexibility index (Phi) is 6.23. The molecule has 3 aromatic carbocycles. The minimum Gasteiger partial charge on any atom is -0.349 e. The first-order valence-electron chi connectivity index (χ1n) is 10.5. The lowest BCUT2D eigenvalue weighted by atomic mass is 9.97. The normalized spacial score (nSPS) is 14.3. The second-order valence-electron chi connectivity index (χ2n) is 7.73. The van der Waals surface area contributed by atoms with Crippen molar-refractivity contribution in [1.82, 2.24) is 10.2 Å². The van der Waals surface area contributed by atoms with E-state index in [4.69, 9.17) is 0 Å². The third-order valence-electron chi connectivity index (χ3n) is 5.64. The fraction of sp³-hybridized carbons (Fsp3) is 0.231. The molecule has 1 fully saturated rings. The van der Waals surface area contributed by atoms with E-state index in [-0.39, 0.29) is 17.9 Å². The number of nitrogens with zero attached hydrogens (tertiary/aromatic N) is 1. The number of rotatable bonds is 5. The van der Waals surface area contributed by atoms with Crippen LogP contribution < -0.4 is 5.32 Å². The third-order valence-corrected chi connectivity index (χ3v) is 5.64. The first-order valence-corrected chi connectivity index (χ1v) is 10.5. The van der Waals surface area contributed by atoms with Gasteiger partial charge < -0.3 is 10.2 Å². The molecule has 0 atom stereocenters. The lowest BCUT2D eigenvalue weighted by Crippen LogP contribution is -2.46.